The molecular weight excluding hydrogens is 351 g/mol. The number of ether oxygens (including phenoxy) is 1. The molecule has 136 valence electrons. The van der Waals surface area contributed by atoms with Crippen LogP contribution in [0.5, 0.6) is 0 Å². The van der Waals surface area contributed by atoms with E-state index < -0.39 is 42.9 Å². The predicted octanol–water partition coefficient (Wildman–Crippen LogP) is 1.02. The summed E-state index contributed by atoms with van der Waals surface area (Å²) in [6.07, 6.45) is 4.26. The van der Waals surface area contributed by atoms with E-state index in [0.717, 1.165) is 0 Å². The van der Waals surface area contributed by atoms with Gasteiger partial charge < -0.3 is 4.74 Å². The molecule has 10 heteroatoms. The molecule has 3 heterocycles. The molecule has 2 saturated heterocycles. The van der Waals surface area contributed by atoms with Gasteiger partial charge in [0.2, 0.25) is 0 Å². The molecule has 1 aromatic heterocycles. The van der Waals surface area contributed by atoms with E-state index >= 15 is 0 Å². The maximum Gasteiger partial charge on any atom is 0.475 e. The molecule has 2 aliphatic heterocycles. The van der Waals surface area contributed by atoms with Gasteiger partial charge in [-0.1, -0.05) is 5.92 Å². The van der Waals surface area contributed by atoms with Gasteiger partial charge in [0.25, 0.3) is 5.56 Å². The van der Waals surface area contributed by atoms with Crippen molar-refractivity contribution in [3.63, 3.8) is 0 Å². The van der Waals surface area contributed by atoms with Gasteiger partial charge in [0.05, 0.1) is 12.7 Å². The zero-order valence-corrected chi connectivity index (χ0v) is 14.9. The monoisotopic (exact) mass is 370 g/mol. The Labute approximate surface area is 143 Å². The third kappa shape index (κ3) is 3.12. The first-order chi connectivity index (χ1) is 11.7. The highest BCUT2D eigenvalue weighted by Gasteiger charge is 2.60. The van der Waals surface area contributed by atoms with E-state index in [1.807, 2.05) is 0 Å². The Kier molecular flexibility index (Phi) is 4.52. The molecule has 0 spiro atoms. The van der Waals surface area contributed by atoms with Crippen molar-refractivity contribution in [3.8, 4) is 12.3 Å². The molecule has 1 unspecified atom stereocenters. The van der Waals surface area contributed by atoms with Crippen molar-refractivity contribution in [2.75, 3.05) is 6.61 Å². The minimum Gasteiger partial charge on any atom is -0.348 e. The molecule has 0 radical (unpaired) electrons. The maximum atomic E-state index is 12.6. The number of phosphoric ester groups is 1. The van der Waals surface area contributed by atoms with Gasteiger partial charge in [0.1, 0.15) is 17.6 Å². The second kappa shape index (κ2) is 6.24. The van der Waals surface area contributed by atoms with E-state index in [1.54, 1.807) is 20.8 Å². The molecule has 3 rings (SSSR count). The number of phosphoric acid groups is 1. The van der Waals surface area contributed by atoms with Crippen LogP contribution in [0.25, 0.3) is 0 Å². The summed E-state index contributed by atoms with van der Waals surface area (Å²) in [5.74, 6) is 2.59. The van der Waals surface area contributed by atoms with Crippen LogP contribution in [-0.4, -0.2) is 34.5 Å². The van der Waals surface area contributed by atoms with E-state index in [4.69, 9.17) is 24.7 Å². The fourth-order valence-electron chi connectivity index (χ4n) is 2.98. The van der Waals surface area contributed by atoms with Crippen molar-refractivity contribution in [1.82, 2.24) is 9.55 Å². The number of hydrogen-bond donors (Lipinski definition) is 1. The minimum absolute atomic E-state index is 0.0550. The van der Waals surface area contributed by atoms with Crippen LogP contribution < -0.4 is 11.2 Å². The topological polar surface area (TPSA) is 109 Å². The number of H-pyrrole nitrogens is 1. The summed E-state index contributed by atoms with van der Waals surface area (Å²) in [6.45, 7) is 5.00. The van der Waals surface area contributed by atoms with Gasteiger partial charge in [-0.15, -0.1) is 6.42 Å². The number of fused-ring (bicyclic) bond motifs is 1. The van der Waals surface area contributed by atoms with Crippen LogP contribution >= 0.6 is 7.82 Å². The molecule has 1 N–H and O–H groups in total. The number of terminal acetylenes is 1. The molecule has 9 nitrogen and oxygen atoms in total. The van der Waals surface area contributed by atoms with Gasteiger partial charge in [0, 0.05) is 12.3 Å². The van der Waals surface area contributed by atoms with Crippen LogP contribution in [0.4, 0.5) is 0 Å². The highest BCUT2D eigenvalue weighted by Crippen LogP contribution is 2.61. The van der Waals surface area contributed by atoms with Crippen molar-refractivity contribution >= 4 is 7.82 Å². The number of hydrogen-bond acceptors (Lipinski definition) is 7. The second-order valence-electron chi connectivity index (χ2n) is 6.39. The Bertz CT molecular complexity index is 870. The molecular formula is C15H19N2O7P. The first-order valence-corrected chi connectivity index (χ1v) is 9.20. The van der Waals surface area contributed by atoms with E-state index in [0.29, 0.717) is 0 Å². The van der Waals surface area contributed by atoms with Crippen LogP contribution in [0.2, 0.25) is 0 Å². The number of aromatic nitrogens is 2. The third-order valence-electron chi connectivity index (χ3n) is 4.14. The van der Waals surface area contributed by atoms with Crippen LogP contribution in [-0.2, 0) is 22.9 Å². The van der Waals surface area contributed by atoms with Crippen LogP contribution in [0.3, 0.4) is 0 Å². The number of nitrogens with one attached hydrogen (secondary N) is 1. The van der Waals surface area contributed by atoms with E-state index in [-0.39, 0.29) is 12.7 Å². The predicted molar refractivity (Wildman–Crippen MR) is 86.8 cm³/mol. The van der Waals surface area contributed by atoms with Crippen LogP contribution in [0.1, 0.15) is 27.0 Å². The fraction of sp³-hybridized carbons (Fsp3) is 0.600. The molecule has 0 amide bonds. The molecule has 5 atom stereocenters. The van der Waals surface area contributed by atoms with Gasteiger partial charge in [-0.3, -0.25) is 27.9 Å². The Balaban J connectivity index is 1.98. The smallest absolute Gasteiger partial charge is 0.348 e. The van der Waals surface area contributed by atoms with Crippen LogP contribution in [0.15, 0.2) is 21.9 Å². The molecule has 0 bridgehead atoms. The lowest BCUT2D eigenvalue weighted by Gasteiger charge is -2.35. The number of rotatable bonds is 3. The molecule has 1 aromatic rings. The zero-order valence-electron chi connectivity index (χ0n) is 14.0. The summed E-state index contributed by atoms with van der Waals surface area (Å²) in [7, 11) is -3.79. The lowest BCUT2D eigenvalue weighted by atomic mass is 9.83. The number of aromatic amines is 1. The summed E-state index contributed by atoms with van der Waals surface area (Å²) in [6, 6.07) is 1.19. The summed E-state index contributed by atoms with van der Waals surface area (Å²) in [5.41, 5.74) is -2.33. The van der Waals surface area contributed by atoms with Crippen molar-refractivity contribution in [2.45, 2.75) is 45.3 Å². The van der Waals surface area contributed by atoms with E-state index in [1.165, 1.54) is 16.8 Å². The lowest BCUT2D eigenvalue weighted by molar-refractivity contribution is -0.0749. The molecule has 2 aliphatic rings. The number of nitrogens with zero attached hydrogens (tertiary/aromatic N) is 1. The summed E-state index contributed by atoms with van der Waals surface area (Å²) >= 11 is 0. The largest absolute Gasteiger partial charge is 0.475 e. The van der Waals surface area contributed by atoms with Crippen molar-refractivity contribution in [2.24, 2.45) is 5.41 Å². The van der Waals surface area contributed by atoms with Gasteiger partial charge in [0.15, 0.2) is 6.23 Å². The molecule has 0 aliphatic carbocycles. The highest BCUT2D eigenvalue weighted by atomic mass is 31.2. The highest BCUT2D eigenvalue weighted by molar-refractivity contribution is 7.48. The molecule has 2 fully saturated rings. The second-order valence-corrected chi connectivity index (χ2v) is 7.97. The first kappa shape index (κ1) is 18.1. The summed E-state index contributed by atoms with van der Waals surface area (Å²) in [4.78, 5) is 25.5. The quantitative estimate of drug-likeness (QED) is 0.625. The van der Waals surface area contributed by atoms with Crippen LogP contribution in [0, 0.1) is 17.8 Å². The molecule has 25 heavy (non-hydrogen) atoms. The minimum atomic E-state index is -3.79. The van der Waals surface area contributed by atoms with Gasteiger partial charge in [-0.25, -0.2) is 9.36 Å². The summed E-state index contributed by atoms with van der Waals surface area (Å²) < 4.78 is 35.8. The van der Waals surface area contributed by atoms with E-state index in [9.17, 15) is 14.2 Å². The zero-order chi connectivity index (χ0) is 18.4. The molecule has 0 saturated carbocycles. The first-order valence-electron chi connectivity index (χ1n) is 7.74. The van der Waals surface area contributed by atoms with E-state index in [2.05, 4.69) is 10.9 Å². The lowest BCUT2D eigenvalue weighted by Crippen LogP contribution is -2.43. The van der Waals surface area contributed by atoms with Crippen molar-refractivity contribution < 1.29 is 22.9 Å². The normalized spacial score (nSPS) is 37.6. The Morgan fingerprint density at radius 3 is 2.84 bits per heavy atom. The standard InChI is InChI=1S/C15H19N2O7P/c1-5-15(4)12-10(8-21-25(20,24-12)23-9(2)3)22-13(15)17-7-6-11(18)16-14(17)19/h1,6-7,9-10,12-13H,8H2,2-4H3,(H,16,18,19)/t10-,12-,13+,15-,25?/m1/s1. The van der Waals surface area contributed by atoms with Gasteiger partial charge in [-0.05, 0) is 20.8 Å². The Hall–Kier alpha value is -1.69. The SMILES string of the molecule is C#C[C@]1(C)[C@@H]2OP(=O)(OC(C)C)OC[C@H]2O[C@@H]1n1ccc(=O)[nH]c1=O. The summed E-state index contributed by atoms with van der Waals surface area (Å²) in [5, 5.41) is 0. The average molecular weight is 370 g/mol. The maximum absolute atomic E-state index is 12.6. The fourth-order valence-corrected chi connectivity index (χ4v) is 4.63. The Morgan fingerprint density at radius 1 is 1.52 bits per heavy atom. The van der Waals surface area contributed by atoms with Gasteiger partial charge in [-0.2, -0.15) is 0 Å². The molecule has 0 aromatic carbocycles. The van der Waals surface area contributed by atoms with Crippen molar-refractivity contribution in [1.29, 1.82) is 0 Å². The Morgan fingerprint density at radius 2 is 2.24 bits per heavy atom. The van der Waals surface area contributed by atoms with Gasteiger partial charge >= 0.3 is 13.5 Å². The average Bonchev–Trinajstić information content (AvgIpc) is 2.79. The van der Waals surface area contributed by atoms with Crippen molar-refractivity contribution in [3.05, 3.63) is 33.1 Å². The third-order valence-corrected chi connectivity index (χ3v) is 5.77.